The standard InChI is InChI=1S/C28H45N/c1-19(2)7-6-8-20(3)24-11-12-25-23-10-9-22-17-21(18-29)13-15-27(22,4)26(23)14-16-28(24,25)5/h9,19-21,23-26H,6-8,10-17H2,1-5H3/t20-,21-,23-,24+,25-,26-,27-,28+/m0/s1. The van der Waals surface area contributed by atoms with Gasteiger partial charge in [0.15, 0.2) is 0 Å². The second-order valence-electron chi connectivity index (χ2n) is 12.4. The summed E-state index contributed by atoms with van der Waals surface area (Å²) in [6.45, 7) is 12.6. The first-order valence-corrected chi connectivity index (χ1v) is 12.9. The summed E-state index contributed by atoms with van der Waals surface area (Å²) in [4.78, 5) is 0. The SMILES string of the molecule is CC(C)CCC[C@H](C)[C@H]1CC[C@H]2[C@@H]3CC=C4C[C@@H](C#N)CC[C@]4(C)[C@H]3CC[C@]12C. The van der Waals surface area contributed by atoms with Crippen LogP contribution in [0.4, 0.5) is 0 Å². The second kappa shape index (κ2) is 8.05. The highest BCUT2D eigenvalue weighted by molar-refractivity contribution is 5.26. The van der Waals surface area contributed by atoms with E-state index in [4.69, 9.17) is 0 Å². The molecule has 0 aliphatic heterocycles. The van der Waals surface area contributed by atoms with Crippen LogP contribution in [0.15, 0.2) is 11.6 Å². The van der Waals surface area contributed by atoms with Crippen molar-refractivity contribution in [2.45, 2.75) is 105 Å². The fourth-order valence-electron chi connectivity index (χ4n) is 8.80. The molecule has 8 atom stereocenters. The second-order valence-corrected chi connectivity index (χ2v) is 12.4. The Morgan fingerprint density at radius 1 is 1.03 bits per heavy atom. The molecular formula is C28H45N. The highest BCUT2D eigenvalue weighted by atomic mass is 14.6. The summed E-state index contributed by atoms with van der Waals surface area (Å²) in [6, 6.07) is 2.57. The lowest BCUT2D eigenvalue weighted by Crippen LogP contribution is -2.50. The number of fused-ring (bicyclic) bond motifs is 5. The predicted molar refractivity (Wildman–Crippen MR) is 122 cm³/mol. The molecule has 0 saturated heterocycles. The normalized spacial score (nSPS) is 45.0. The van der Waals surface area contributed by atoms with Gasteiger partial charge in [-0.15, -0.1) is 0 Å². The maximum atomic E-state index is 9.45. The van der Waals surface area contributed by atoms with Gasteiger partial charge >= 0.3 is 0 Å². The third kappa shape index (κ3) is 3.62. The number of hydrogen-bond acceptors (Lipinski definition) is 1. The zero-order valence-corrected chi connectivity index (χ0v) is 19.8. The van der Waals surface area contributed by atoms with Crippen molar-refractivity contribution in [2.24, 2.45) is 52.3 Å². The number of hydrogen-bond donors (Lipinski definition) is 0. The van der Waals surface area contributed by atoms with Crippen molar-refractivity contribution >= 4 is 0 Å². The number of allylic oxidation sites excluding steroid dienone is 2. The molecule has 0 bridgehead atoms. The average Bonchev–Trinajstić information content (AvgIpc) is 3.04. The van der Waals surface area contributed by atoms with E-state index < -0.39 is 0 Å². The molecule has 0 spiro atoms. The molecule has 0 unspecified atom stereocenters. The molecule has 0 aromatic heterocycles. The zero-order valence-electron chi connectivity index (χ0n) is 19.8. The van der Waals surface area contributed by atoms with Crippen molar-refractivity contribution in [3.63, 3.8) is 0 Å². The van der Waals surface area contributed by atoms with Crippen molar-refractivity contribution in [1.29, 1.82) is 5.26 Å². The largest absolute Gasteiger partial charge is 0.198 e. The first kappa shape index (κ1) is 21.5. The molecule has 1 heteroatoms. The molecule has 0 aromatic carbocycles. The molecule has 0 aromatic rings. The van der Waals surface area contributed by atoms with E-state index in [1.807, 2.05) is 0 Å². The lowest BCUT2D eigenvalue weighted by atomic mass is 9.46. The molecule has 3 fully saturated rings. The van der Waals surface area contributed by atoms with Gasteiger partial charge in [0.05, 0.1) is 12.0 Å². The van der Waals surface area contributed by atoms with E-state index >= 15 is 0 Å². The molecule has 3 saturated carbocycles. The van der Waals surface area contributed by atoms with Crippen LogP contribution < -0.4 is 0 Å². The minimum absolute atomic E-state index is 0.280. The molecule has 0 heterocycles. The van der Waals surface area contributed by atoms with E-state index in [2.05, 4.69) is 46.8 Å². The van der Waals surface area contributed by atoms with Crippen LogP contribution in [0.25, 0.3) is 0 Å². The summed E-state index contributed by atoms with van der Waals surface area (Å²) in [6.07, 6.45) is 17.5. The quantitative estimate of drug-likeness (QED) is 0.431. The van der Waals surface area contributed by atoms with Gasteiger partial charge in [0.25, 0.3) is 0 Å². The third-order valence-corrected chi connectivity index (χ3v) is 10.5. The van der Waals surface area contributed by atoms with E-state index in [1.165, 1.54) is 57.8 Å². The van der Waals surface area contributed by atoms with Crippen LogP contribution in [0, 0.1) is 63.6 Å². The van der Waals surface area contributed by atoms with Crippen molar-refractivity contribution in [1.82, 2.24) is 0 Å². The third-order valence-electron chi connectivity index (χ3n) is 10.5. The maximum Gasteiger partial charge on any atom is 0.0659 e. The lowest BCUT2D eigenvalue weighted by Gasteiger charge is -2.58. The molecule has 29 heavy (non-hydrogen) atoms. The first-order chi connectivity index (χ1) is 13.8. The van der Waals surface area contributed by atoms with E-state index in [9.17, 15) is 5.26 Å². The van der Waals surface area contributed by atoms with Crippen molar-refractivity contribution in [3.05, 3.63) is 11.6 Å². The van der Waals surface area contributed by atoms with Gasteiger partial charge in [-0.25, -0.2) is 0 Å². The van der Waals surface area contributed by atoms with Crippen molar-refractivity contribution in [2.75, 3.05) is 0 Å². The van der Waals surface area contributed by atoms with Crippen molar-refractivity contribution < 1.29 is 0 Å². The fourth-order valence-corrected chi connectivity index (χ4v) is 8.80. The van der Waals surface area contributed by atoms with Crippen LogP contribution >= 0.6 is 0 Å². The van der Waals surface area contributed by atoms with Gasteiger partial charge in [0.2, 0.25) is 0 Å². The Balaban J connectivity index is 1.49. The molecule has 0 N–H and O–H groups in total. The van der Waals surface area contributed by atoms with Gasteiger partial charge in [0.1, 0.15) is 0 Å². The van der Waals surface area contributed by atoms with Crippen LogP contribution in [0.3, 0.4) is 0 Å². The lowest BCUT2D eigenvalue weighted by molar-refractivity contribution is -0.0515. The molecule has 4 aliphatic carbocycles. The fraction of sp³-hybridized carbons (Fsp3) is 0.893. The van der Waals surface area contributed by atoms with Crippen molar-refractivity contribution in [3.8, 4) is 6.07 Å². The Kier molecular flexibility index (Phi) is 5.96. The van der Waals surface area contributed by atoms with Gasteiger partial charge in [-0.2, -0.15) is 5.26 Å². The van der Waals surface area contributed by atoms with Crippen LogP contribution in [0.1, 0.15) is 105 Å². The molecule has 0 amide bonds. The summed E-state index contributed by atoms with van der Waals surface area (Å²) in [5.74, 6) is 5.73. The minimum Gasteiger partial charge on any atom is -0.198 e. The van der Waals surface area contributed by atoms with E-state index in [0.717, 1.165) is 48.3 Å². The summed E-state index contributed by atoms with van der Waals surface area (Å²) >= 11 is 0. The monoisotopic (exact) mass is 395 g/mol. The summed E-state index contributed by atoms with van der Waals surface area (Å²) in [5.41, 5.74) is 2.65. The summed E-state index contributed by atoms with van der Waals surface area (Å²) < 4.78 is 0. The first-order valence-electron chi connectivity index (χ1n) is 12.9. The molecule has 0 radical (unpaired) electrons. The number of nitriles is 1. The van der Waals surface area contributed by atoms with Crippen LogP contribution in [0.2, 0.25) is 0 Å². The molecule has 4 rings (SSSR count). The predicted octanol–water partition coefficient (Wildman–Crippen LogP) is 8.17. The average molecular weight is 396 g/mol. The van der Waals surface area contributed by atoms with Gasteiger partial charge in [0, 0.05) is 0 Å². The van der Waals surface area contributed by atoms with Crippen LogP contribution in [-0.4, -0.2) is 0 Å². The van der Waals surface area contributed by atoms with Gasteiger partial charge < -0.3 is 0 Å². The van der Waals surface area contributed by atoms with E-state index in [-0.39, 0.29) is 5.92 Å². The van der Waals surface area contributed by atoms with Gasteiger partial charge in [-0.05, 0) is 97.7 Å². The highest BCUT2D eigenvalue weighted by Crippen LogP contribution is 2.67. The Hall–Kier alpha value is -0.770. The van der Waals surface area contributed by atoms with Gasteiger partial charge in [-0.1, -0.05) is 65.5 Å². The number of nitrogens with zero attached hydrogens (tertiary/aromatic N) is 1. The summed E-state index contributed by atoms with van der Waals surface area (Å²) in [7, 11) is 0. The molecular weight excluding hydrogens is 350 g/mol. The zero-order chi connectivity index (χ0) is 20.8. The molecule has 4 aliphatic rings. The van der Waals surface area contributed by atoms with E-state index in [0.29, 0.717) is 10.8 Å². The molecule has 162 valence electrons. The van der Waals surface area contributed by atoms with E-state index in [1.54, 1.807) is 5.57 Å². The Morgan fingerprint density at radius 3 is 2.55 bits per heavy atom. The topological polar surface area (TPSA) is 23.8 Å². The molecule has 1 nitrogen and oxygen atoms in total. The van der Waals surface area contributed by atoms with Crippen LogP contribution in [0.5, 0.6) is 0 Å². The van der Waals surface area contributed by atoms with Gasteiger partial charge in [-0.3, -0.25) is 0 Å². The minimum atomic E-state index is 0.280. The summed E-state index contributed by atoms with van der Waals surface area (Å²) in [5, 5.41) is 9.45. The Morgan fingerprint density at radius 2 is 1.83 bits per heavy atom. The smallest absolute Gasteiger partial charge is 0.0659 e. The maximum absolute atomic E-state index is 9.45. The number of rotatable bonds is 5. The van der Waals surface area contributed by atoms with Crippen LogP contribution in [-0.2, 0) is 0 Å². The highest BCUT2D eigenvalue weighted by Gasteiger charge is 2.59. The Bertz CT molecular complexity index is 668. The Labute approximate surface area is 180 Å².